The largest absolute Gasteiger partial charge is 0.394 e. The highest BCUT2D eigenvalue weighted by Crippen LogP contribution is 2.42. The van der Waals surface area contributed by atoms with Gasteiger partial charge in [0, 0.05) is 13.0 Å². The molecule has 4 unspecified atom stereocenters. The Kier molecular flexibility index (Phi) is 5.64. The molecule has 0 heterocycles. The van der Waals surface area contributed by atoms with Gasteiger partial charge < -0.3 is 15.2 Å². The number of aliphatic hydroxyl groups excluding tert-OH is 1. The molecular weight excluding hydrogens is 242 g/mol. The van der Waals surface area contributed by atoms with Gasteiger partial charge in [0.15, 0.2) is 0 Å². The van der Waals surface area contributed by atoms with Gasteiger partial charge in [-0.25, -0.2) is 0 Å². The van der Waals surface area contributed by atoms with Gasteiger partial charge in [-0.05, 0) is 31.1 Å². The van der Waals surface area contributed by atoms with Crippen molar-refractivity contribution in [1.82, 2.24) is 5.32 Å². The van der Waals surface area contributed by atoms with Crippen molar-refractivity contribution in [3.8, 4) is 0 Å². The summed E-state index contributed by atoms with van der Waals surface area (Å²) in [6.07, 6.45) is 8.63. The van der Waals surface area contributed by atoms with Crippen molar-refractivity contribution >= 4 is 5.91 Å². The number of methoxy groups -OCH3 is 1. The Morgan fingerprint density at radius 2 is 2.00 bits per heavy atom. The lowest BCUT2D eigenvalue weighted by Crippen LogP contribution is -2.45. The first kappa shape index (κ1) is 14.8. The van der Waals surface area contributed by atoms with Crippen LogP contribution in [0, 0.1) is 17.8 Å². The summed E-state index contributed by atoms with van der Waals surface area (Å²) in [7, 11) is 1.59. The van der Waals surface area contributed by atoms with Crippen LogP contribution >= 0.6 is 0 Å². The fraction of sp³-hybridized carbons (Fsp3) is 0.933. The van der Waals surface area contributed by atoms with Gasteiger partial charge in [-0.2, -0.15) is 0 Å². The van der Waals surface area contributed by atoms with Gasteiger partial charge in [0.1, 0.15) is 0 Å². The van der Waals surface area contributed by atoms with Crippen molar-refractivity contribution in [3.05, 3.63) is 0 Å². The topological polar surface area (TPSA) is 58.6 Å². The van der Waals surface area contributed by atoms with E-state index in [0.29, 0.717) is 6.61 Å². The maximum absolute atomic E-state index is 12.2. The van der Waals surface area contributed by atoms with Gasteiger partial charge in [-0.1, -0.05) is 25.7 Å². The Balaban J connectivity index is 1.82. The average molecular weight is 269 g/mol. The molecule has 1 amide bonds. The molecule has 0 spiro atoms. The second-order valence-corrected chi connectivity index (χ2v) is 6.16. The van der Waals surface area contributed by atoms with E-state index in [1.165, 1.54) is 32.1 Å². The molecule has 0 bridgehead atoms. The Morgan fingerprint density at radius 1 is 1.26 bits per heavy atom. The van der Waals surface area contributed by atoms with Crippen LogP contribution in [-0.4, -0.2) is 37.4 Å². The number of carbonyl (C=O) groups is 1. The molecule has 2 N–H and O–H groups in total. The van der Waals surface area contributed by atoms with E-state index in [0.717, 1.165) is 24.7 Å². The highest BCUT2D eigenvalue weighted by Gasteiger charge is 2.35. The number of aliphatic hydroxyl groups is 1. The van der Waals surface area contributed by atoms with Gasteiger partial charge in [0.05, 0.1) is 19.3 Å². The molecular formula is C15H27NO3. The number of rotatable bonds is 5. The molecule has 19 heavy (non-hydrogen) atoms. The molecule has 4 atom stereocenters. The third-order valence-electron chi connectivity index (χ3n) is 4.85. The summed E-state index contributed by atoms with van der Waals surface area (Å²) in [5.74, 6) is 1.88. The molecule has 2 saturated carbocycles. The Morgan fingerprint density at radius 3 is 2.68 bits per heavy atom. The van der Waals surface area contributed by atoms with E-state index in [4.69, 9.17) is 4.74 Å². The first-order valence-corrected chi connectivity index (χ1v) is 7.64. The molecule has 2 fully saturated rings. The Hall–Kier alpha value is -0.610. The zero-order valence-corrected chi connectivity index (χ0v) is 11.9. The molecule has 2 aliphatic rings. The molecule has 0 aromatic heterocycles. The molecule has 2 rings (SSSR count). The number of hydrogen-bond donors (Lipinski definition) is 2. The van der Waals surface area contributed by atoms with Gasteiger partial charge in [-0.15, -0.1) is 0 Å². The van der Waals surface area contributed by atoms with E-state index < -0.39 is 0 Å². The maximum Gasteiger partial charge on any atom is 0.223 e. The van der Waals surface area contributed by atoms with Crippen LogP contribution in [0.1, 0.15) is 44.9 Å². The summed E-state index contributed by atoms with van der Waals surface area (Å²) in [6, 6.07) is -0.262. The van der Waals surface area contributed by atoms with Crippen molar-refractivity contribution in [2.24, 2.45) is 17.8 Å². The molecule has 0 aliphatic heterocycles. The predicted molar refractivity (Wildman–Crippen MR) is 73.7 cm³/mol. The van der Waals surface area contributed by atoms with Crippen LogP contribution < -0.4 is 5.32 Å². The SMILES string of the molecule is COCC(CO)NC(=O)C1CCC2CCCCC2C1. The minimum Gasteiger partial charge on any atom is -0.394 e. The predicted octanol–water partition coefficient (Wildman–Crippen LogP) is 1.72. The van der Waals surface area contributed by atoms with Crippen LogP contribution in [0.5, 0.6) is 0 Å². The Bertz CT molecular complexity index is 295. The third-order valence-corrected chi connectivity index (χ3v) is 4.85. The maximum atomic E-state index is 12.2. The molecule has 0 saturated heterocycles. The van der Waals surface area contributed by atoms with E-state index in [1.54, 1.807) is 7.11 Å². The minimum absolute atomic E-state index is 0.0572. The monoisotopic (exact) mass is 269 g/mol. The van der Waals surface area contributed by atoms with E-state index in [1.807, 2.05) is 0 Å². The number of hydrogen-bond acceptors (Lipinski definition) is 3. The molecule has 2 aliphatic carbocycles. The Labute approximate surface area is 115 Å². The molecule has 0 aromatic carbocycles. The molecule has 4 heteroatoms. The summed E-state index contributed by atoms with van der Waals surface area (Å²) in [6.45, 7) is 0.319. The first-order chi connectivity index (χ1) is 9.24. The highest BCUT2D eigenvalue weighted by molar-refractivity contribution is 5.79. The van der Waals surface area contributed by atoms with Crippen LogP contribution in [0.25, 0.3) is 0 Å². The van der Waals surface area contributed by atoms with Crippen LogP contribution in [0.2, 0.25) is 0 Å². The number of fused-ring (bicyclic) bond motifs is 1. The summed E-state index contributed by atoms with van der Waals surface area (Å²) in [5.41, 5.74) is 0. The van der Waals surface area contributed by atoms with Crippen LogP contribution in [0.15, 0.2) is 0 Å². The number of ether oxygens (including phenoxy) is 1. The third kappa shape index (κ3) is 3.93. The summed E-state index contributed by atoms with van der Waals surface area (Å²) in [4.78, 5) is 12.2. The van der Waals surface area contributed by atoms with Crippen LogP contribution in [-0.2, 0) is 9.53 Å². The minimum atomic E-state index is -0.262. The lowest BCUT2D eigenvalue weighted by molar-refractivity contribution is -0.128. The molecule has 4 nitrogen and oxygen atoms in total. The second kappa shape index (κ2) is 7.25. The van der Waals surface area contributed by atoms with Gasteiger partial charge >= 0.3 is 0 Å². The fourth-order valence-corrected chi connectivity index (χ4v) is 3.77. The van der Waals surface area contributed by atoms with E-state index in [-0.39, 0.29) is 24.5 Å². The first-order valence-electron chi connectivity index (χ1n) is 7.64. The quantitative estimate of drug-likeness (QED) is 0.799. The standard InChI is InChI=1S/C15H27NO3/c1-19-10-14(9-17)16-15(18)13-7-6-11-4-2-3-5-12(11)8-13/h11-14,17H,2-10H2,1H3,(H,16,18). The van der Waals surface area contributed by atoms with Crippen molar-refractivity contribution in [3.63, 3.8) is 0 Å². The van der Waals surface area contributed by atoms with E-state index in [2.05, 4.69) is 5.32 Å². The second-order valence-electron chi connectivity index (χ2n) is 6.16. The molecule has 110 valence electrons. The summed E-state index contributed by atoms with van der Waals surface area (Å²) < 4.78 is 4.99. The lowest BCUT2D eigenvalue weighted by Gasteiger charge is -2.39. The molecule has 0 aromatic rings. The average Bonchev–Trinajstić information content (AvgIpc) is 2.46. The lowest BCUT2D eigenvalue weighted by atomic mass is 9.67. The van der Waals surface area contributed by atoms with Gasteiger partial charge in [-0.3, -0.25) is 4.79 Å². The van der Waals surface area contributed by atoms with Crippen molar-refractivity contribution in [2.45, 2.75) is 51.0 Å². The normalized spacial score (nSPS) is 32.4. The van der Waals surface area contributed by atoms with Crippen molar-refractivity contribution < 1.29 is 14.6 Å². The summed E-state index contributed by atoms with van der Waals surface area (Å²) in [5, 5.41) is 12.1. The van der Waals surface area contributed by atoms with E-state index in [9.17, 15) is 9.90 Å². The fourth-order valence-electron chi connectivity index (χ4n) is 3.77. The number of carbonyl (C=O) groups excluding carboxylic acids is 1. The smallest absolute Gasteiger partial charge is 0.223 e. The van der Waals surface area contributed by atoms with Crippen LogP contribution in [0.4, 0.5) is 0 Å². The van der Waals surface area contributed by atoms with Gasteiger partial charge in [0.25, 0.3) is 0 Å². The summed E-state index contributed by atoms with van der Waals surface area (Å²) >= 11 is 0. The molecule has 0 radical (unpaired) electrons. The van der Waals surface area contributed by atoms with Crippen molar-refractivity contribution in [1.29, 1.82) is 0 Å². The van der Waals surface area contributed by atoms with E-state index >= 15 is 0 Å². The highest BCUT2D eigenvalue weighted by atomic mass is 16.5. The zero-order valence-electron chi connectivity index (χ0n) is 11.9. The van der Waals surface area contributed by atoms with Gasteiger partial charge in [0.2, 0.25) is 5.91 Å². The number of nitrogens with one attached hydrogen (secondary N) is 1. The zero-order chi connectivity index (χ0) is 13.7. The van der Waals surface area contributed by atoms with Crippen LogP contribution in [0.3, 0.4) is 0 Å². The van der Waals surface area contributed by atoms with Crippen molar-refractivity contribution in [2.75, 3.05) is 20.3 Å². The number of amides is 1.